The molecule has 0 rings (SSSR count). The molecule has 0 fully saturated rings. The van der Waals surface area contributed by atoms with Crippen LogP contribution in [0.4, 0.5) is 0 Å². The smallest absolute Gasteiger partial charge is 0.346 e. The van der Waals surface area contributed by atoms with Gasteiger partial charge in [-0.25, -0.2) is 0 Å². The second-order valence-corrected chi connectivity index (χ2v) is 6.04. The molecule has 5 nitrogen and oxygen atoms in total. The van der Waals surface area contributed by atoms with Gasteiger partial charge in [0, 0.05) is 6.66 Å². The Balaban J connectivity index is 4.05. The van der Waals surface area contributed by atoms with Crippen molar-refractivity contribution in [2.75, 3.05) is 6.66 Å². The monoisotopic (exact) mass is 214 g/mol. The van der Waals surface area contributed by atoms with Gasteiger partial charge in [0.25, 0.3) is 0 Å². The third-order valence-corrected chi connectivity index (χ3v) is 3.26. The molecular weight excluding hydrogens is 199 g/mol. The molecule has 0 aromatic rings. The van der Waals surface area contributed by atoms with Crippen LogP contribution in [0.5, 0.6) is 0 Å². The molecule has 0 amide bonds. The Morgan fingerprint density at radius 1 is 1.58 bits per heavy atom. The van der Waals surface area contributed by atoms with Gasteiger partial charge in [0.15, 0.2) is 0 Å². The molecule has 2 unspecified atom stereocenters. The maximum Gasteiger partial charge on any atom is 0.346 e. The summed E-state index contributed by atoms with van der Waals surface area (Å²) >= 11 is 0. The Bertz CT molecular complexity index is 167. The van der Waals surface area contributed by atoms with Crippen molar-refractivity contribution in [3.8, 4) is 0 Å². The Morgan fingerprint density at radius 2 is 2.08 bits per heavy atom. The van der Waals surface area contributed by atoms with Crippen LogP contribution in [-0.2, 0) is 9.09 Å². The lowest BCUT2D eigenvalue weighted by Crippen LogP contribution is -2.32. The highest BCUT2D eigenvalue weighted by Crippen LogP contribution is 2.39. The first-order chi connectivity index (χ1) is 5.37. The first-order valence-electron chi connectivity index (χ1n) is 3.71. The molecule has 7 heteroatoms. The average Bonchev–Trinajstić information content (AvgIpc) is 1.83. The highest BCUT2D eigenvalue weighted by molar-refractivity contribution is 7.52. The van der Waals surface area contributed by atoms with Crippen molar-refractivity contribution >= 4 is 16.9 Å². The summed E-state index contributed by atoms with van der Waals surface area (Å²) in [4.78, 5) is 26.5. The van der Waals surface area contributed by atoms with E-state index in [0.29, 0.717) is 12.8 Å². The third-order valence-electron chi connectivity index (χ3n) is 1.24. The summed E-state index contributed by atoms with van der Waals surface area (Å²) in [6.45, 7) is 2.87. The molecule has 0 aliphatic rings. The molecule has 3 N–H and O–H groups in total. The molecule has 2 atom stereocenters. The van der Waals surface area contributed by atoms with Crippen LogP contribution < -0.4 is 0 Å². The maximum absolute atomic E-state index is 10.7. The summed E-state index contributed by atoms with van der Waals surface area (Å²) < 4.78 is 15.4. The molecule has 0 aliphatic carbocycles. The Hall–Kier alpha value is 0.287. The van der Waals surface area contributed by atoms with Crippen LogP contribution >= 0.6 is 7.60 Å². The van der Waals surface area contributed by atoms with Crippen LogP contribution in [0.25, 0.3) is 0 Å². The summed E-state index contributed by atoms with van der Waals surface area (Å²) in [7, 11) is -6.55. The fraction of sp³-hybridized carbons (Fsp3) is 1.00. The average molecular weight is 214 g/mol. The van der Waals surface area contributed by atoms with Crippen molar-refractivity contribution in [1.82, 2.24) is 0 Å². The molecule has 0 saturated heterocycles. The number of hydrogen-bond donors (Lipinski definition) is 3. The summed E-state index contributed by atoms with van der Waals surface area (Å²) in [5, 5.41) is 0. The zero-order valence-corrected chi connectivity index (χ0v) is 9.22. The minimum atomic E-state index is -3.59. The van der Waals surface area contributed by atoms with Crippen LogP contribution in [0.3, 0.4) is 0 Å². The van der Waals surface area contributed by atoms with Gasteiger partial charge in [-0.15, -0.1) is 0 Å². The molecule has 0 aromatic carbocycles. The lowest BCUT2D eigenvalue weighted by molar-refractivity contribution is 0.186. The number of hydrogen-bond acceptors (Lipinski definition) is 4. The van der Waals surface area contributed by atoms with Gasteiger partial charge in [0.1, 0.15) is 5.73 Å². The second kappa shape index (κ2) is 5.11. The van der Waals surface area contributed by atoms with Crippen LogP contribution in [0.2, 0.25) is 0 Å². The molecule has 0 bridgehead atoms. The predicted molar refractivity (Wildman–Crippen MR) is 47.1 cm³/mol. The van der Waals surface area contributed by atoms with Crippen molar-refractivity contribution in [1.29, 1.82) is 0 Å². The first-order valence-corrected chi connectivity index (χ1v) is 7.44. The van der Waals surface area contributed by atoms with Crippen LogP contribution in [0.15, 0.2) is 0 Å². The SMILES string of the molecule is CCCC(OP(C)(=O)O)[SiH](O)O. The minimum Gasteiger partial charge on any atom is -0.412 e. The predicted octanol–water partition coefficient (Wildman–Crippen LogP) is -0.269. The lowest BCUT2D eigenvalue weighted by atomic mass is 10.4. The van der Waals surface area contributed by atoms with Crippen LogP contribution in [0, 0.1) is 0 Å². The topological polar surface area (TPSA) is 87.0 Å². The minimum absolute atomic E-state index is 0.405. The van der Waals surface area contributed by atoms with E-state index < -0.39 is 22.6 Å². The summed E-state index contributed by atoms with van der Waals surface area (Å²) in [6.07, 6.45) is 1.09. The third kappa shape index (κ3) is 5.88. The molecule has 12 heavy (non-hydrogen) atoms. The van der Waals surface area contributed by atoms with Crippen LogP contribution in [-0.4, -0.2) is 36.2 Å². The molecule has 0 heterocycles. The van der Waals surface area contributed by atoms with Crippen molar-refractivity contribution in [2.45, 2.75) is 25.5 Å². The molecule has 74 valence electrons. The Morgan fingerprint density at radius 3 is 2.33 bits per heavy atom. The van der Waals surface area contributed by atoms with Crippen molar-refractivity contribution in [3.63, 3.8) is 0 Å². The highest BCUT2D eigenvalue weighted by Gasteiger charge is 2.26. The van der Waals surface area contributed by atoms with Crippen molar-refractivity contribution in [2.24, 2.45) is 0 Å². The zero-order valence-electron chi connectivity index (χ0n) is 7.17. The quantitative estimate of drug-likeness (QED) is 0.433. The van der Waals surface area contributed by atoms with Crippen LogP contribution in [0.1, 0.15) is 19.8 Å². The normalized spacial score (nSPS) is 19.2. The van der Waals surface area contributed by atoms with Crippen molar-refractivity contribution in [3.05, 3.63) is 0 Å². The standard InChI is InChI=1S/C5H15O5PSi/c1-3-4-5(12(8)9)10-11(2,6)7/h5,8-9,12H,3-4H2,1-2H3,(H,6,7). The first kappa shape index (κ1) is 12.3. The summed E-state index contributed by atoms with van der Waals surface area (Å²) in [5.41, 5.74) is -0.837. The zero-order chi connectivity index (χ0) is 9.78. The molecule has 0 saturated carbocycles. The van der Waals surface area contributed by atoms with E-state index in [9.17, 15) is 4.57 Å². The van der Waals surface area contributed by atoms with E-state index in [1.807, 2.05) is 6.92 Å². The van der Waals surface area contributed by atoms with E-state index in [1.54, 1.807) is 0 Å². The summed E-state index contributed by atoms with van der Waals surface area (Å²) in [5.74, 6) is 0. The van der Waals surface area contributed by atoms with Gasteiger partial charge in [-0.3, -0.25) is 4.57 Å². The van der Waals surface area contributed by atoms with E-state index in [1.165, 1.54) is 0 Å². The highest BCUT2D eigenvalue weighted by atomic mass is 31.2. The molecule has 0 spiro atoms. The molecule has 0 aromatic heterocycles. The van der Waals surface area contributed by atoms with Gasteiger partial charge in [-0.05, 0) is 6.42 Å². The van der Waals surface area contributed by atoms with E-state index >= 15 is 0 Å². The number of rotatable bonds is 5. The molecular formula is C5H15O5PSi. The maximum atomic E-state index is 10.7. The van der Waals surface area contributed by atoms with E-state index in [2.05, 4.69) is 4.52 Å². The largest absolute Gasteiger partial charge is 0.412 e. The fourth-order valence-corrected chi connectivity index (χ4v) is 3.14. The van der Waals surface area contributed by atoms with E-state index in [-0.39, 0.29) is 0 Å². The van der Waals surface area contributed by atoms with Gasteiger partial charge in [-0.1, -0.05) is 13.3 Å². The van der Waals surface area contributed by atoms with Gasteiger partial charge in [0.2, 0.25) is 0 Å². The summed E-state index contributed by atoms with van der Waals surface area (Å²) in [6, 6.07) is 0. The molecule has 0 radical (unpaired) electrons. The van der Waals surface area contributed by atoms with Gasteiger partial charge >= 0.3 is 16.9 Å². The van der Waals surface area contributed by atoms with E-state index in [4.69, 9.17) is 14.5 Å². The lowest BCUT2D eigenvalue weighted by Gasteiger charge is -2.18. The van der Waals surface area contributed by atoms with Gasteiger partial charge in [-0.2, -0.15) is 0 Å². The van der Waals surface area contributed by atoms with Gasteiger partial charge in [0.05, 0.1) is 0 Å². The fourth-order valence-electron chi connectivity index (χ4n) is 0.792. The van der Waals surface area contributed by atoms with Gasteiger partial charge < -0.3 is 19.0 Å². The Labute approximate surface area is 73.4 Å². The second-order valence-electron chi connectivity index (χ2n) is 2.65. The van der Waals surface area contributed by atoms with E-state index in [0.717, 1.165) is 6.66 Å². The molecule has 0 aliphatic heterocycles. The van der Waals surface area contributed by atoms with Crippen molar-refractivity contribution < 1.29 is 23.6 Å². The Kier molecular flexibility index (Phi) is 5.23.